The molecule has 0 bridgehead atoms. The zero-order chi connectivity index (χ0) is 18.7. The monoisotopic (exact) mass is 421 g/mol. The number of aromatic nitrogens is 1. The third-order valence-electron chi connectivity index (χ3n) is 4.01. The molecule has 0 fully saturated rings. The lowest BCUT2D eigenvalue weighted by Gasteiger charge is -2.20. The van der Waals surface area contributed by atoms with Crippen molar-refractivity contribution < 1.29 is 4.79 Å². The molecule has 0 spiro atoms. The number of thiazole rings is 1. The summed E-state index contributed by atoms with van der Waals surface area (Å²) < 4.78 is 1.15. The normalized spacial score (nSPS) is 11.3. The minimum atomic E-state index is -0.0336. The molecule has 0 radical (unpaired) electrons. The van der Waals surface area contributed by atoms with Crippen LogP contribution in [-0.2, 0) is 4.79 Å². The minimum Gasteiger partial charge on any atom is -0.308 e. The number of halogens is 1. The van der Waals surface area contributed by atoms with Crippen LogP contribution in [0.3, 0.4) is 0 Å². The van der Waals surface area contributed by atoms with Crippen LogP contribution in [0.4, 0.5) is 5.13 Å². The van der Waals surface area contributed by atoms with E-state index in [1.807, 2.05) is 37.7 Å². The van der Waals surface area contributed by atoms with Gasteiger partial charge < -0.3 is 4.90 Å². The Labute approximate surface area is 174 Å². The summed E-state index contributed by atoms with van der Waals surface area (Å²) >= 11 is 3.21. The molecule has 1 aromatic carbocycles. The molecule has 2 heterocycles. The highest BCUT2D eigenvalue weighted by atomic mass is 35.5. The Morgan fingerprint density at radius 2 is 2.00 bits per heavy atom. The zero-order valence-electron chi connectivity index (χ0n) is 15.9. The number of thiophene rings is 1. The number of amides is 1. The first kappa shape index (κ1) is 21.6. The van der Waals surface area contributed by atoms with Gasteiger partial charge in [-0.25, -0.2) is 4.98 Å². The van der Waals surface area contributed by atoms with E-state index in [1.54, 1.807) is 33.6 Å². The Morgan fingerprint density at radius 1 is 1.22 bits per heavy atom. The van der Waals surface area contributed by atoms with Gasteiger partial charge in [0.25, 0.3) is 5.91 Å². The SMILES string of the molecule is Cc1cc(C)c2sc(N(CCN(C)C)C(=O)C=Cc3cccs3)nc2c1.Cl. The van der Waals surface area contributed by atoms with Crippen molar-refractivity contribution in [1.29, 1.82) is 0 Å². The van der Waals surface area contributed by atoms with Gasteiger partial charge in [-0.3, -0.25) is 9.69 Å². The highest BCUT2D eigenvalue weighted by molar-refractivity contribution is 7.22. The molecular weight excluding hydrogens is 398 g/mol. The van der Waals surface area contributed by atoms with E-state index < -0.39 is 0 Å². The van der Waals surface area contributed by atoms with E-state index in [0.717, 1.165) is 26.8 Å². The van der Waals surface area contributed by atoms with Gasteiger partial charge in [-0.05, 0) is 62.7 Å². The van der Waals surface area contributed by atoms with E-state index in [0.29, 0.717) is 6.54 Å². The van der Waals surface area contributed by atoms with Gasteiger partial charge in [0.1, 0.15) is 0 Å². The van der Waals surface area contributed by atoms with Crippen molar-refractivity contribution in [3.63, 3.8) is 0 Å². The Balaban J connectivity index is 0.00000261. The number of fused-ring (bicyclic) bond motifs is 1. The van der Waals surface area contributed by atoms with Gasteiger partial charge >= 0.3 is 0 Å². The first-order chi connectivity index (χ1) is 12.4. The lowest BCUT2D eigenvalue weighted by Crippen LogP contribution is -2.35. The third kappa shape index (κ3) is 5.39. The summed E-state index contributed by atoms with van der Waals surface area (Å²) in [6, 6.07) is 8.23. The standard InChI is InChI=1S/C20H23N3OS2.ClH/c1-14-12-15(2)19-17(13-14)21-20(26-19)23(10-9-22(3)4)18(24)8-7-16-6-5-11-25-16;/h5-8,11-13H,9-10H2,1-4H3;1H. The largest absolute Gasteiger partial charge is 0.308 e. The van der Waals surface area contributed by atoms with Crippen LogP contribution in [0.15, 0.2) is 35.7 Å². The molecule has 0 saturated heterocycles. The number of anilines is 1. The average Bonchev–Trinajstić information content (AvgIpc) is 3.22. The van der Waals surface area contributed by atoms with E-state index in [2.05, 4.69) is 30.9 Å². The molecule has 0 saturated carbocycles. The number of hydrogen-bond acceptors (Lipinski definition) is 5. The molecule has 0 atom stereocenters. The molecule has 3 aromatic rings. The smallest absolute Gasteiger partial charge is 0.252 e. The first-order valence-electron chi connectivity index (χ1n) is 8.49. The molecule has 27 heavy (non-hydrogen) atoms. The highest BCUT2D eigenvalue weighted by Gasteiger charge is 2.19. The van der Waals surface area contributed by atoms with Crippen molar-refractivity contribution in [3.8, 4) is 0 Å². The number of rotatable bonds is 6. The van der Waals surface area contributed by atoms with Gasteiger partial charge in [-0.15, -0.1) is 23.7 Å². The number of carbonyl (C=O) groups excluding carboxylic acids is 1. The fourth-order valence-electron chi connectivity index (χ4n) is 2.71. The number of aryl methyl sites for hydroxylation is 2. The summed E-state index contributed by atoms with van der Waals surface area (Å²) in [6.45, 7) is 5.56. The molecule has 0 aliphatic heterocycles. The minimum absolute atomic E-state index is 0. The average molecular weight is 422 g/mol. The lowest BCUT2D eigenvalue weighted by molar-refractivity contribution is -0.114. The molecule has 0 aliphatic rings. The maximum absolute atomic E-state index is 12.9. The number of carbonyl (C=O) groups is 1. The van der Waals surface area contributed by atoms with Crippen LogP contribution in [0.25, 0.3) is 16.3 Å². The summed E-state index contributed by atoms with van der Waals surface area (Å²) in [4.78, 5) is 22.6. The van der Waals surface area contributed by atoms with Gasteiger partial charge in [-0.2, -0.15) is 0 Å². The van der Waals surface area contributed by atoms with Gasteiger partial charge in [0.2, 0.25) is 0 Å². The molecule has 0 N–H and O–H groups in total. The second-order valence-corrected chi connectivity index (χ2v) is 8.53. The number of hydrogen-bond donors (Lipinski definition) is 0. The fraction of sp³-hybridized carbons (Fsp3) is 0.300. The summed E-state index contributed by atoms with van der Waals surface area (Å²) in [5, 5.41) is 2.77. The molecule has 7 heteroatoms. The van der Waals surface area contributed by atoms with Gasteiger partial charge in [-0.1, -0.05) is 23.5 Å². The van der Waals surface area contributed by atoms with Crippen molar-refractivity contribution in [1.82, 2.24) is 9.88 Å². The number of nitrogens with zero attached hydrogens (tertiary/aromatic N) is 3. The topological polar surface area (TPSA) is 36.4 Å². The van der Waals surface area contributed by atoms with Gasteiger partial charge in [0.05, 0.1) is 10.2 Å². The Kier molecular flexibility index (Phi) is 7.56. The highest BCUT2D eigenvalue weighted by Crippen LogP contribution is 2.32. The summed E-state index contributed by atoms with van der Waals surface area (Å²) in [5.74, 6) is -0.0336. The lowest BCUT2D eigenvalue weighted by atomic mass is 10.1. The van der Waals surface area contributed by atoms with Crippen molar-refractivity contribution in [2.45, 2.75) is 13.8 Å². The van der Waals surface area contributed by atoms with Gasteiger partial charge in [0, 0.05) is 24.0 Å². The van der Waals surface area contributed by atoms with Crippen molar-refractivity contribution in [3.05, 3.63) is 51.7 Å². The van der Waals surface area contributed by atoms with Crippen LogP contribution in [0.2, 0.25) is 0 Å². The van der Waals surface area contributed by atoms with E-state index in [1.165, 1.54) is 11.1 Å². The molecule has 2 aromatic heterocycles. The molecule has 0 unspecified atom stereocenters. The van der Waals surface area contributed by atoms with Crippen molar-refractivity contribution in [2.24, 2.45) is 0 Å². The molecular formula is C20H24ClN3OS2. The number of likely N-dealkylation sites (N-methyl/N-ethyl adjacent to an activating group) is 1. The quantitative estimate of drug-likeness (QED) is 0.525. The van der Waals surface area contributed by atoms with E-state index >= 15 is 0 Å². The molecule has 144 valence electrons. The summed E-state index contributed by atoms with van der Waals surface area (Å²) in [6.07, 6.45) is 3.52. The number of benzene rings is 1. The third-order valence-corrected chi connectivity index (χ3v) is 6.08. The van der Waals surface area contributed by atoms with Crippen LogP contribution in [0.1, 0.15) is 16.0 Å². The van der Waals surface area contributed by atoms with E-state index in [9.17, 15) is 4.79 Å². The molecule has 4 nitrogen and oxygen atoms in total. The van der Waals surface area contributed by atoms with Crippen molar-refractivity contribution in [2.75, 3.05) is 32.1 Å². The molecule has 1 amide bonds. The zero-order valence-corrected chi connectivity index (χ0v) is 18.4. The molecule has 3 rings (SSSR count). The fourth-order valence-corrected chi connectivity index (χ4v) is 4.38. The van der Waals surface area contributed by atoms with Crippen LogP contribution >= 0.6 is 35.1 Å². The second-order valence-electron chi connectivity index (χ2n) is 6.57. The first-order valence-corrected chi connectivity index (χ1v) is 10.2. The second kappa shape index (κ2) is 9.46. The summed E-state index contributed by atoms with van der Waals surface area (Å²) in [7, 11) is 4.02. The van der Waals surface area contributed by atoms with E-state index in [4.69, 9.17) is 4.98 Å². The van der Waals surface area contributed by atoms with Gasteiger partial charge in [0.15, 0.2) is 5.13 Å². The van der Waals surface area contributed by atoms with Crippen LogP contribution in [0.5, 0.6) is 0 Å². The predicted molar refractivity (Wildman–Crippen MR) is 121 cm³/mol. The van der Waals surface area contributed by atoms with Crippen LogP contribution in [-0.4, -0.2) is 43.0 Å². The maximum atomic E-state index is 12.9. The van der Waals surface area contributed by atoms with Crippen LogP contribution in [0, 0.1) is 13.8 Å². The predicted octanol–water partition coefficient (Wildman–Crippen LogP) is 5.00. The maximum Gasteiger partial charge on any atom is 0.252 e. The van der Waals surface area contributed by atoms with Crippen molar-refractivity contribution >= 4 is 62.4 Å². The van der Waals surface area contributed by atoms with E-state index in [-0.39, 0.29) is 18.3 Å². The van der Waals surface area contributed by atoms with Crippen LogP contribution < -0.4 is 4.90 Å². The molecule has 0 aliphatic carbocycles. The summed E-state index contributed by atoms with van der Waals surface area (Å²) in [5.41, 5.74) is 3.36. The Hall–Kier alpha value is -1.73. The Morgan fingerprint density at radius 3 is 2.67 bits per heavy atom. The Bertz CT molecular complexity index is 932.